The molecule has 1 N–H and O–H groups in total. The predicted molar refractivity (Wildman–Crippen MR) is 120 cm³/mol. The molecule has 10 atom stereocenters. The molecule has 0 saturated heterocycles. The molecule has 4 rings (SSSR count). The van der Waals surface area contributed by atoms with Gasteiger partial charge < -0.3 is 9.63 Å². The summed E-state index contributed by atoms with van der Waals surface area (Å²) < 4.78 is 4.79. The third kappa shape index (κ3) is 3.53. The number of carbonyl (C=O) groups excluding carboxylic acids is 1. The number of allylic oxidation sites excluding steroid dienone is 1. The molecule has 3 fully saturated rings. The molecule has 0 spiro atoms. The van der Waals surface area contributed by atoms with Crippen molar-refractivity contribution in [1.29, 1.82) is 0 Å². The van der Waals surface area contributed by atoms with Crippen LogP contribution in [0.5, 0.6) is 0 Å². The Morgan fingerprint density at radius 2 is 2.00 bits per heavy atom. The Hall–Kier alpha value is -0.400. The molecule has 164 valence electrons. The molecule has 29 heavy (non-hydrogen) atoms. The van der Waals surface area contributed by atoms with Gasteiger partial charge in [0.25, 0.3) is 0 Å². The Morgan fingerprint density at radius 3 is 2.72 bits per heavy atom. The molecule has 0 aromatic rings. The van der Waals surface area contributed by atoms with Gasteiger partial charge >= 0.3 is 5.97 Å². The monoisotopic (exact) mass is 420 g/mol. The van der Waals surface area contributed by atoms with E-state index in [1.807, 2.05) is 0 Å². The highest BCUT2D eigenvalue weighted by Crippen LogP contribution is 2.67. The molecular formula is C25H41O3P. The van der Waals surface area contributed by atoms with E-state index in [1.165, 1.54) is 44.9 Å². The molecule has 3 saturated carbocycles. The van der Waals surface area contributed by atoms with Crippen molar-refractivity contribution in [1.82, 2.24) is 0 Å². The zero-order valence-electron chi connectivity index (χ0n) is 18.8. The third-order valence-corrected chi connectivity index (χ3v) is 10.3. The summed E-state index contributed by atoms with van der Waals surface area (Å²) in [4.78, 5) is 11.6. The highest BCUT2D eigenvalue weighted by Gasteiger charge is 2.60. The van der Waals surface area contributed by atoms with Crippen molar-refractivity contribution in [3.8, 4) is 0 Å². The molecule has 4 heteroatoms. The van der Waals surface area contributed by atoms with Crippen LogP contribution in [0.15, 0.2) is 11.6 Å². The van der Waals surface area contributed by atoms with Crippen LogP contribution in [-0.4, -0.2) is 17.2 Å². The van der Waals surface area contributed by atoms with Crippen molar-refractivity contribution in [3.05, 3.63) is 11.6 Å². The van der Waals surface area contributed by atoms with E-state index in [9.17, 15) is 9.90 Å². The Kier molecular flexibility index (Phi) is 5.97. The van der Waals surface area contributed by atoms with Crippen LogP contribution < -0.4 is 0 Å². The Bertz CT molecular complexity index is 675. The van der Waals surface area contributed by atoms with E-state index in [0.717, 1.165) is 12.3 Å². The van der Waals surface area contributed by atoms with Crippen LogP contribution in [0.25, 0.3) is 0 Å². The molecule has 3 nitrogen and oxygen atoms in total. The van der Waals surface area contributed by atoms with E-state index < -0.39 is 0 Å². The van der Waals surface area contributed by atoms with Gasteiger partial charge in [0.05, 0.1) is 15.6 Å². The van der Waals surface area contributed by atoms with Gasteiger partial charge in [-0.25, -0.2) is 0 Å². The van der Waals surface area contributed by atoms with Crippen LogP contribution in [-0.2, 0) is 9.32 Å². The lowest BCUT2D eigenvalue weighted by Crippen LogP contribution is -2.54. The molecule has 0 aromatic carbocycles. The molecule has 4 aliphatic rings. The highest BCUT2D eigenvalue weighted by atomic mass is 31.0. The average molecular weight is 421 g/mol. The van der Waals surface area contributed by atoms with Gasteiger partial charge in [-0.15, -0.1) is 0 Å². The Morgan fingerprint density at radius 1 is 1.24 bits per heavy atom. The van der Waals surface area contributed by atoms with Crippen LogP contribution in [0.3, 0.4) is 0 Å². The minimum atomic E-state index is -0.265. The fraction of sp³-hybridized carbons (Fsp3) is 0.880. The Labute approximate surface area is 179 Å². The largest absolute Gasteiger partial charge is 0.452 e. The van der Waals surface area contributed by atoms with E-state index >= 15 is 0 Å². The van der Waals surface area contributed by atoms with Crippen LogP contribution in [0.4, 0.5) is 0 Å². The first-order valence-electron chi connectivity index (χ1n) is 12.0. The molecule has 0 amide bonds. The number of fused-ring (bicyclic) bond motifs is 5. The molecule has 0 radical (unpaired) electrons. The minimum absolute atomic E-state index is 0.120. The summed E-state index contributed by atoms with van der Waals surface area (Å²) in [5.41, 5.74) is 2.17. The second-order valence-electron chi connectivity index (χ2n) is 11.5. The van der Waals surface area contributed by atoms with Crippen LogP contribution in [0.2, 0.25) is 0 Å². The average Bonchev–Trinajstić information content (AvgIpc) is 3.04. The zero-order chi connectivity index (χ0) is 21.0. The van der Waals surface area contributed by atoms with Gasteiger partial charge in [0.1, 0.15) is 0 Å². The predicted octanol–water partition coefficient (Wildman–Crippen LogP) is 5.92. The summed E-state index contributed by atoms with van der Waals surface area (Å²) in [5.74, 6) is 3.51. The van der Waals surface area contributed by atoms with E-state index in [-0.39, 0.29) is 12.1 Å². The lowest BCUT2D eigenvalue weighted by atomic mass is 9.46. The van der Waals surface area contributed by atoms with Gasteiger partial charge in [-0.05, 0) is 97.7 Å². The molecule has 0 aromatic heterocycles. The summed E-state index contributed by atoms with van der Waals surface area (Å²) in [7, 11) is 2.08. The van der Waals surface area contributed by atoms with Crippen molar-refractivity contribution in [3.63, 3.8) is 0 Å². The zero-order valence-corrected chi connectivity index (χ0v) is 20.0. The van der Waals surface area contributed by atoms with Crippen LogP contribution in [0, 0.1) is 46.3 Å². The van der Waals surface area contributed by atoms with Crippen LogP contribution in [0.1, 0.15) is 85.5 Å². The molecule has 0 bridgehead atoms. The van der Waals surface area contributed by atoms with Gasteiger partial charge in [-0.3, -0.25) is 4.79 Å². The number of rotatable bonds is 4. The lowest BCUT2D eigenvalue weighted by molar-refractivity contribution is -0.133. The van der Waals surface area contributed by atoms with Gasteiger partial charge in [0.2, 0.25) is 0 Å². The maximum atomic E-state index is 11.6. The van der Waals surface area contributed by atoms with E-state index in [2.05, 4.69) is 43.2 Å². The lowest BCUT2D eigenvalue weighted by Gasteiger charge is -2.59. The first kappa shape index (κ1) is 21.8. The fourth-order valence-corrected chi connectivity index (χ4v) is 8.53. The molecule has 0 heterocycles. The number of hydrogen-bond acceptors (Lipinski definition) is 3. The molecule has 4 aliphatic carbocycles. The number of carbonyl (C=O) groups is 1. The normalized spacial score (nSPS) is 47.4. The van der Waals surface area contributed by atoms with Crippen molar-refractivity contribution in [2.24, 2.45) is 46.3 Å². The number of aliphatic hydroxyl groups excluding tert-OH is 1. The topological polar surface area (TPSA) is 46.5 Å². The fourth-order valence-electron chi connectivity index (χ4n) is 8.41. The first-order valence-corrected chi connectivity index (χ1v) is 12.5. The molecule has 0 aliphatic heterocycles. The second-order valence-corrected chi connectivity index (χ2v) is 11.7. The number of hydrogen-bond donors (Lipinski definition) is 1. The van der Waals surface area contributed by atoms with E-state index in [0.29, 0.717) is 46.8 Å². The van der Waals surface area contributed by atoms with E-state index in [4.69, 9.17) is 4.52 Å². The van der Waals surface area contributed by atoms with Gasteiger partial charge in [0, 0.05) is 6.42 Å². The second kappa shape index (κ2) is 7.94. The summed E-state index contributed by atoms with van der Waals surface area (Å²) in [6, 6.07) is 0. The Balaban J connectivity index is 1.56. The van der Waals surface area contributed by atoms with Gasteiger partial charge in [0.15, 0.2) is 0 Å². The summed E-state index contributed by atoms with van der Waals surface area (Å²) in [6.45, 7) is 9.72. The third-order valence-electron chi connectivity index (χ3n) is 10.1. The van der Waals surface area contributed by atoms with Crippen molar-refractivity contribution in [2.75, 3.05) is 0 Å². The van der Waals surface area contributed by atoms with E-state index in [1.54, 1.807) is 5.57 Å². The SMILES string of the molecule is C[C@@H]1CC[C@@]2(C)C(=CC(O)C3C2CC[C@@]2(C)C3CC[C@@H]2[C@H](C)CCC(=O)OP)C1. The summed E-state index contributed by atoms with van der Waals surface area (Å²) in [6.07, 6.45) is 12.3. The maximum absolute atomic E-state index is 11.6. The van der Waals surface area contributed by atoms with Crippen LogP contribution >= 0.6 is 9.47 Å². The van der Waals surface area contributed by atoms with Crippen molar-refractivity contribution in [2.45, 2.75) is 91.6 Å². The smallest absolute Gasteiger partial charge is 0.307 e. The maximum Gasteiger partial charge on any atom is 0.307 e. The summed E-state index contributed by atoms with van der Waals surface area (Å²) in [5, 5.41) is 11.3. The quantitative estimate of drug-likeness (QED) is 0.453. The van der Waals surface area contributed by atoms with Crippen molar-refractivity contribution >= 4 is 15.4 Å². The van der Waals surface area contributed by atoms with Gasteiger partial charge in [-0.2, -0.15) is 0 Å². The van der Waals surface area contributed by atoms with Gasteiger partial charge in [-0.1, -0.05) is 39.3 Å². The summed E-state index contributed by atoms with van der Waals surface area (Å²) >= 11 is 0. The highest BCUT2D eigenvalue weighted by molar-refractivity contribution is 7.10. The minimum Gasteiger partial charge on any atom is -0.452 e. The first-order chi connectivity index (χ1) is 13.7. The van der Waals surface area contributed by atoms with Crippen molar-refractivity contribution < 1.29 is 14.4 Å². The number of aliphatic hydroxyl groups is 1. The molecule has 5 unspecified atom stereocenters. The molecular weight excluding hydrogens is 379 g/mol. The standard InChI is InChI=1S/C25H41O3P/c1-15-9-11-24(3)17(13-15)14-21(26)23-19-7-6-18(16(2)5-8-22(27)28-29)25(19,4)12-10-20(23)24/h14-16,18-21,23,26H,5-13,29H2,1-4H3/t15-,16-,18-,19?,20?,21?,23?,24+,25-/m1/s1.